The molecule has 0 saturated heterocycles. The predicted octanol–water partition coefficient (Wildman–Crippen LogP) is 2.47. The van der Waals surface area contributed by atoms with E-state index in [4.69, 9.17) is 5.14 Å². The Bertz CT molecular complexity index is 1050. The first-order valence-electron chi connectivity index (χ1n) is 7.95. The average molecular weight is 385 g/mol. The number of benzene rings is 2. The summed E-state index contributed by atoms with van der Waals surface area (Å²) in [6.07, 6.45) is 1.44. The molecule has 0 fully saturated rings. The number of amides is 1. The molecule has 27 heavy (non-hydrogen) atoms. The van der Waals surface area contributed by atoms with Gasteiger partial charge in [0.1, 0.15) is 5.82 Å². The lowest BCUT2D eigenvalue weighted by Gasteiger charge is -2.07. The number of nitrogens with one attached hydrogen (secondary N) is 1. The van der Waals surface area contributed by atoms with Gasteiger partial charge < -0.3 is 5.32 Å². The predicted molar refractivity (Wildman–Crippen MR) is 98.6 cm³/mol. The maximum atomic E-state index is 13.0. The molecule has 3 aromatic rings. The highest BCUT2D eigenvalue weighted by atomic mass is 32.2. The van der Waals surface area contributed by atoms with Crippen molar-refractivity contribution in [1.29, 1.82) is 0 Å². The van der Waals surface area contributed by atoms with Crippen LogP contribution in [0.1, 0.15) is 15.9 Å². The zero-order chi connectivity index (χ0) is 19.4. The third-order valence-electron chi connectivity index (χ3n) is 3.87. The molecule has 1 aromatic heterocycles. The van der Waals surface area contributed by atoms with Gasteiger partial charge in [-0.15, -0.1) is 0 Å². The van der Waals surface area contributed by atoms with Crippen molar-refractivity contribution in [2.75, 3.05) is 0 Å². The number of hydrogen-bond donors (Lipinski definition) is 2. The number of pyridine rings is 1. The molecule has 0 aliphatic carbocycles. The summed E-state index contributed by atoms with van der Waals surface area (Å²) in [6.45, 7) is 0.226. The lowest BCUT2D eigenvalue weighted by atomic mass is 10.1. The molecule has 6 nitrogen and oxygen atoms in total. The van der Waals surface area contributed by atoms with Crippen molar-refractivity contribution in [1.82, 2.24) is 10.3 Å². The normalized spacial score (nSPS) is 11.2. The van der Waals surface area contributed by atoms with Crippen LogP contribution in [0.2, 0.25) is 0 Å². The maximum absolute atomic E-state index is 13.0. The molecule has 138 valence electrons. The summed E-state index contributed by atoms with van der Waals surface area (Å²) in [5.74, 6) is -0.643. The summed E-state index contributed by atoms with van der Waals surface area (Å²) in [6, 6.07) is 15.2. The van der Waals surface area contributed by atoms with Gasteiger partial charge in [0.2, 0.25) is 10.0 Å². The minimum absolute atomic E-state index is 0.0122. The fraction of sp³-hybridized carbons (Fsp3) is 0.0526. The van der Waals surface area contributed by atoms with Gasteiger partial charge in [-0.2, -0.15) is 0 Å². The van der Waals surface area contributed by atoms with Crippen LogP contribution in [-0.4, -0.2) is 19.3 Å². The van der Waals surface area contributed by atoms with Crippen molar-refractivity contribution in [3.63, 3.8) is 0 Å². The van der Waals surface area contributed by atoms with Gasteiger partial charge in [-0.25, -0.2) is 17.9 Å². The SMILES string of the molecule is NS(=O)(=O)c1ccc(CNC(=O)c2ccc(-c3ccc(F)cc3)nc2)cc1. The molecule has 1 amide bonds. The van der Waals surface area contributed by atoms with Crippen molar-refractivity contribution in [2.24, 2.45) is 5.14 Å². The van der Waals surface area contributed by atoms with Crippen LogP contribution in [0.25, 0.3) is 11.3 Å². The monoisotopic (exact) mass is 385 g/mol. The number of nitrogens with zero attached hydrogens (tertiary/aromatic N) is 1. The summed E-state index contributed by atoms with van der Waals surface area (Å²) in [4.78, 5) is 16.5. The van der Waals surface area contributed by atoms with Gasteiger partial charge in [-0.1, -0.05) is 12.1 Å². The van der Waals surface area contributed by atoms with Crippen LogP contribution in [-0.2, 0) is 16.6 Å². The van der Waals surface area contributed by atoms with Gasteiger partial charge in [-0.3, -0.25) is 9.78 Å². The molecule has 1 heterocycles. The average Bonchev–Trinajstić information content (AvgIpc) is 2.66. The van der Waals surface area contributed by atoms with E-state index < -0.39 is 10.0 Å². The van der Waals surface area contributed by atoms with Gasteiger partial charge in [0.25, 0.3) is 5.91 Å². The highest BCUT2D eigenvalue weighted by Gasteiger charge is 2.09. The number of carbonyl (C=O) groups excluding carboxylic acids is 1. The van der Waals surface area contributed by atoms with Crippen molar-refractivity contribution in [3.05, 3.63) is 83.8 Å². The number of halogens is 1. The van der Waals surface area contributed by atoms with Crippen molar-refractivity contribution >= 4 is 15.9 Å². The first kappa shape index (κ1) is 18.7. The van der Waals surface area contributed by atoms with Crippen LogP contribution >= 0.6 is 0 Å². The summed E-state index contributed by atoms with van der Waals surface area (Å²) >= 11 is 0. The molecule has 0 bridgehead atoms. The summed E-state index contributed by atoms with van der Waals surface area (Å²) < 4.78 is 35.4. The quantitative estimate of drug-likeness (QED) is 0.704. The number of rotatable bonds is 5. The second kappa shape index (κ2) is 7.65. The van der Waals surface area contributed by atoms with E-state index in [9.17, 15) is 17.6 Å². The van der Waals surface area contributed by atoms with E-state index in [2.05, 4.69) is 10.3 Å². The van der Waals surface area contributed by atoms with Crippen molar-refractivity contribution < 1.29 is 17.6 Å². The highest BCUT2D eigenvalue weighted by Crippen LogP contribution is 2.17. The van der Waals surface area contributed by atoms with Crippen LogP contribution in [0.5, 0.6) is 0 Å². The van der Waals surface area contributed by atoms with Crippen LogP contribution in [0.3, 0.4) is 0 Å². The Labute approximate surface area is 155 Å². The van der Waals surface area contributed by atoms with Crippen LogP contribution in [0.4, 0.5) is 4.39 Å². The zero-order valence-electron chi connectivity index (χ0n) is 14.1. The Balaban J connectivity index is 1.63. The molecule has 0 aliphatic heterocycles. The standard InChI is InChI=1S/C19H16FN3O3S/c20-16-6-3-14(4-7-16)18-10-5-15(12-22-18)19(24)23-11-13-1-8-17(9-2-13)27(21,25)26/h1-10,12H,11H2,(H,23,24)(H2,21,25,26). The number of carbonyl (C=O) groups is 1. The van der Waals surface area contributed by atoms with Crippen LogP contribution < -0.4 is 10.5 Å². The number of aromatic nitrogens is 1. The molecular weight excluding hydrogens is 369 g/mol. The first-order valence-corrected chi connectivity index (χ1v) is 9.49. The van der Waals surface area contributed by atoms with E-state index in [-0.39, 0.29) is 23.2 Å². The zero-order valence-corrected chi connectivity index (χ0v) is 14.9. The number of sulfonamides is 1. The van der Waals surface area contributed by atoms with E-state index in [1.165, 1.54) is 30.5 Å². The first-order chi connectivity index (χ1) is 12.8. The minimum atomic E-state index is -3.74. The van der Waals surface area contributed by atoms with Gasteiger partial charge in [0.05, 0.1) is 16.2 Å². The number of primary sulfonamides is 1. The van der Waals surface area contributed by atoms with E-state index >= 15 is 0 Å². The maximum Gasteiger partial charge on any atom is 0.253 e. The molecule has 0 radical (unpaired) electrons. The van der Waals surface area contributed by atoms with E-state index in [1.807, 2.05) is 0 Å². The third kappa shape index (κ3) is 4.75. The Kier molecular flexibility index (Phi) is 5.29. The highest BCUT2D eigenvalue weighted by molar-refractivity contribution is 7.89. The van der Waals surface area contributed by atoms with Crippen LogP contribution in [0, 0.1) is 5.82 Å². The topological polar surface area (TPSA) is 102 Å². The smallest absolute Gasteiger partial charge is 0.253 e. The molecule has 3 N–H and O–H groups in total. The molecule has 8 heteroatoms. The molecule has 0 saturated carbocycles. The molecule has 0 atom stereocenters. The lowest BCUT2D eigenvalue weighted by molar-refractivity contribution is 0.0950. The van der Waals surface area contributed by atoms with E-state index in [0.29, 0.717) is 11.3 Å². The summed E-state index contributed by atoms with van der Waals surface area (Å²) in [5.41, 5.74) is 2.48. The molecule has 0 unspecified atom stereocenters. The van der Waals surface area contributed by atoms with Gasteiger partial charge in [-0.05, 0) is 54.1 Å². The second-order valence-electron chi connectivity index (χ2n) is 5.81. The summed E-state index contributed by atoms with van der Waals surface area (Å²) in [7, 11) is -3.74. The van der Waals surface area contributed by atoms with Gasteiger partial charge in [0.15, 0.2) is 0 Å². The lowest BCUT2D eigenvalue weighted by Crippen LogP contribution is -2.23. The van der Waals surface area contributed by atoms with Crippen molar-refractivity contribution in [3.8, 4) is 11.3 Å². The van der Waals surface area contributed by atoms with Gasteiger partial charge >= 0.3 is 0 Å². The fourth-order valence-corrected chi connectivity index (χ4v) is 2.92. The Morgan fingerprint density at radius 1 is 1.00 bits per heavy atom. The number of hydrogen-bond acceptors (Lipinski definition) is 4. The Hall–Kier alpha value is -3.10. The Morgan fingerprint density at radius 2 is 1.67 bits per heavy atom. The second-order valence-corrected chi connectivity index (χ2v) is 7.37. The minimum Gasteiger partial charge on any atom is -0.348 e. The fourth-order valence-electron chi connectivity index (χ4n) is 2.40. The third-order valence-corrected chi connectivity index (χ3v) is 4.80. The molecule has 3 rings (SSSR count). The van der Waals surface area contributed by atoms with Gasteiger partial charge in [0, 0.05) is 18.3 Å². The summed E-state index contributed by atoms with van der Waals surface area (Å²) in [5, 5.41) is 7.77. The largest absolute Gasteiger partial charge is 0.348 e. The molecule has 0 aliphatic rings. The molecule has 0 spiro atoms. The van der Waals surface area contributed by atoms with Crippen LogP contribution in [0.15, 0.2) is 71.8 Å². The molecule has 2 aromatic carbocycles. The van der Waals surface area contributed by atoms with Crippen molar-refractivity contribution in [2.45, 2.75) is 11.4 Å². The molecular formula is C19H16FN3O3S. The van der Waals surface area contributed by atoms with E-state index in [0.717, 1.165) is 11.1 Å². The number of nitrogens with two attached hydrogens (primary N) is 1. The van der Waals surface area contributed by atoms with E-state index in [1.54, 1.807) is 36.4 Å². The Morgan fingerprint density at radius 3 is 2.22 bits per heavy atom.